The zero-order chi connectivity index (χ0) is 16.0. The molecule has 0 unspecified atom stereocenters. The summed E-state index contributed by atoms with van der Waals surface area (Å²) in [5, 5.41) is 0. The second kappa shape index (κ2) is 5.67. The van der Waals surface area contributed by atoms with Crippen LogP contribution in [0.2, 0.25) is 0 Å². The van der Waals surface area contributed by atoms with E-state index in [0.717, 1.165) is 26.1 Å². The van der Waals surface area contributed by atoms with Gasteiger partial charge in [0.05, 0.1) is 13.2 Å². The molecule has 122 valence electrons. The van der Waals surface area contributed by atoms with E-state index in [0.29, 0.717) is 0 Å². The molecule has 0 saturated heterocycles. The summed E-state index contributed by atoms with van der Waals surface area (Å²) in [6, 6.07) is 0. The molecule has 1 saturated carbocycles. The van der Waals surface area contributed by atoms with Crippen LogP contribution in [0.3, 0.4) is 0 Å². The van der Waals surface area contributed by atoms with Gasteiger partial charge in [-0.25, -0.2) is 0 Å². The lowest BCUT2D eigenvalue weighted by Crippen LogP contribution is -2.40. The van der Waals surface area contributed by atoms with Crippen molar-refractivity contribution in [3.63, 3.8) is 0 Å². The molecule has 0 amide bonds. The van der Waals surface area contributed by atoms with E-state index in [1.54, 1.807) is 16.7 Å². The van der Waals surface area contributed by atoms with Gasteiger partial charge in [-0.15, -0.1) is 0 Å². The summed E-state index contributed by atoms with van der Waals surface area (Å²) in [5.41, 5.74) is 8.25. The van der Waals surface area contributed by atoms with Crippen molar-refractivity contribution in [3.05, 3.63) is 34.4 Å². The Morgan fingerprint density at radius 2 is 1.73 bits per heavy atom. The smallest absolute Gasteiger partial charge is 0.0724 e. The van der Waals surface area contributed by atoms with Crippen molar-refractivity contribution in [1.29, 1.82) is 0 Å². The van der Waals surface area contributed by atoms with E-state index >= 15 is 0 Å². The lowest BCUT2D eigenvalue weighted by Gasteiger charge is -2.51. The molecule has 0 radical (unpaired) electrons. The van der Waals surface area contributed by atoms with Crippen LogP contribution < -0.4 is 0 Å². The zero-order valence-electron chi connectivity index (χ0n) is 15.0. The molecule has 1 heterocycles. The maximum absolute atomic E-state index is 5.99. The van der Waals surface area contributed by atoms with Crippen molar-refractivity contribution in [1.82, 2.24) is 0 Å². The van der Waals surface area contributed by atoms with Crippen LogP contribution in [0.15, 0.2) is 34.4 Å². The van der Waals surface area contributed by atoms with Crippen LogP contribution in [0, 0.1) is 10.8 Å². The van der Waals surface area contributed by atoms with Gasteiger partial charge in [-0.3, -0.25) is 0 Å². The molecule has 2 aliphatic carbocycles. The molecule has 1 heteroatoms. The van der Waals surface area contributed by atoms with Crippen molar-refractivity contribution in [2.45, 2.75) is 72.6 Å². The summed E-state index contributed by atoms with van der Waals surface area (Å²) in [6.45, 7) is 15.7. The maximum Gasteiger partial charge on any atom is 0.0724 e. The molecule has 1 spiro atoms. The fraction of sp³-hybridized carbons (Fsp3) is 0.714. The van der Waals surface area contributed by atoms with Crippen molar-refractivity contribution >= 4 is 0 Å². The Labute approximate surface area is 136 Å². The van der Waals surface area contributed by atoms with Gasteiger partial charge in [0.15, 0.2) is 0 Å². The predicted molar refractivity (Wildman–Crippen MR) is 93.9 cm³/mol. The quantitative estimate of drug-likeness (QED) is 0.541. The van der Waals surface area contributed by atoms with Crippen LogP contribution in [-0.4, -0.2) is 13.2 Å². The summed E-state index contributed by atoms with van der Waals surface area (Å²) in [5.74, 6) is 0. The number of rotatable bonds is 1. The molecule has 0 aromatic heterocycles. The van der Waals surface area contributed by atoms with Gasteiger partial charge in [0.25, 0.3) is 0 Å². The van der Waals surface area contributed by atoms with Crippen molar-refractivity contribution < 1.29 is 4.74 Å². The second-order valence-corrected chi connectivity index (χ2v) is 8.46. The van der Waals surface area contributed by atoms with Crippen LogP contribution in [0.4, 0.5) is 0 Å². The van der Waals surface area contributed by atoms with Crippen LogP contribution >= 0.6 is 0 Å². The lowest BCUT2D eigenvalue weighted by molar-refractivity contribution is 0.155. The number of hydrogen-bond donors (Lipinski definition) is 0. The minimum atomic E-state index is 0.195. The van der Waals surface area contributed by atoms with Gasteiger partial charge in [-0.2, -0.15) is 0 Å². The summed E-state index contributed by atoms with van der Waals surface area (Å²) in [7, 11) is 0. The molecule has 1 aliphatic heterocycles. The van der Waals surface area contributed by atoms with Gasteiger partial charge in [0.1, 0.15) is 0 Å². The molecular formula is C21H32O. The van der Waals surface area contributed by atoms with E-state index in [2.05, 4.69) is 34.3 Å². The first-order valence-electron chi connectivity index (χ1n) is 9.11. The molecule has 22 heavy (non-hydrogen) atoms. The van der Waals surface area contributed by atoms with E-state index in [1.165, 1.54) is 43.3 Å². The molecule has 0 atom stereocenters. The average Bonchev–Trinajstić information content (AvgIpc) is 2.47. The standard InChI is InChI=1S/C21H32O/c1-6-16-13-22-14-18-17(16)12-15(2)21(10-8-7-9-11-21)19(18)20(3,4)5/h2,6-14H2,1,3-5H3. The fourth-order valence-electron chi connectivity index (χ4n) is 5.21. The molecular weight excluding hydrogens is 268 g/mol. The number of fused-ring (bicyclic) bond motifs is 1. The van der Waals surface area contributed by atoms with Crippen molar-refractivity contribution in [3.8, 4) is 0 Å². The maximum atomic E-state index is 5.99. The molecule has 0 aromatic rings. The molecule has 0 aromatic carbocycles. The van der Waals surface area contributed by atoms with Crippen molar-refractivity contribution in [2.75, 3.05) is 13.2 Å². The Morgan fingerprint density at radius 1 is 1.05 bits per heavy atom. The summed E-state index contributed by atoms with van der Waals surface area (Å²) in [4.78, 5) is 0. The third-order valence-electron chi connectivity index (χ3n) is 6.04. The van der Waals surface area contributed by atoms with Crippen molar-refractivity contribution in [2.24, 2.45) is 10.8 Å². The first kappa shape index (κ1) is 16.1. The lowest BCUT2D eigenvalue weighted by atomic mass is 9.53. The fourth-order valence-corrected chi connectivity index (χ4v) is 5.21. The Kier molecular flexibility index (Phi) is 4.14. The summed E-state index contributed by atoms with van der Waals surface area (Å²) in [6.07, 6.45) is 8.91. The number of ether oxygens (including phenoxy) is 1. The van der Waals surface area contributed by atoms with E-state index in [4.69, 9.17) is 4.74 Å². The van der Waals surface area contributed by atoms with E-state index < -0.39 is 0 Å². The first-order chi connectivity index (χ1) is 10.4. The van der Waals surface area contributed by atoms with Crippen LogP contribution in [0.5, 0.6) is 0 Å². The highest BCUT2D eigenvalue weighted by Gasteiger charge is 2.47. The molecule has 1 fully saturated rings. The molecule has 0 N–H and O–H groups in total. The monoisotopic (exact) mass is 300 g/mol. The molecule has 3 aliphatic rings. The third kappa shape index (κ3) is 2.42. The Bertz CT molecular complexity index is 533. The highest BCUT2D eigenvalue weighted by molar-refractivity contribution is 5.54. The second-order valence-electron chi connectivity index (χ2n) is 8.46. The Morgan fingerprint density at radius 3 is 2.32 bits per heavy atom. The highest BCUT2D eigenvalue weighted by Crippen LogP contribution is 2.60. The van der Waals surface area contributed by atoms with Crippen LogP contribution in [0.1, 0.15) is 72.6 Å². The topological polar surface area (TPSA) is 9.23 Å². The zero-order valence-corrected chi connectivity index (χ0v) is 15.0. The van der Waals surface area contributed by atoms with Gasteiger partial charge in [-0.1, -0.05) is 59.1 Å². The van der Waals surface area contributed by atoms with E-state index in [1.807, 2.05) is 0 Å². The molecule has 3 rings (SSSR count). The average molecular weight is 300 g/mol. The van der Waals surface area contributed by atoms with Gasteiger partial charge < -0.3 is 4.74 Å². The number of hydrogen-bond acceptors (Lipinski definition) is 1. The first-order valence-corrected chi connectivity index (χ1v) is 9.11. The normalized spacial score (nSPS) is 25.7. The van der Waals surface area contributed by atoms with Gasteiger partial charge in [0, 0.05) is 5.41 Å². The Hall–Kier alpha value is -0.820. The largest absolute Gasteiger partial charge is 0.372 e. The third-order valence-corrected chi connectivity index (χ3v) is 6.04. The minimum Gasteiger partial charge on any atom is -0.372 e. The van der Waals surface area contributed by atoms with E-state index in [-0.39, 0.29) is 10.8 Å². The number of allylic oxidation sites excluding steroid dienone is 2. The summed E-state index contributed by atoms with van der Waals surface area (Å²) >= 11 is 0. The van der Waals surface area contributed by atoms with Gasteiger partial charge in [0.2, 0.25) is 0 Å². The Balaban J connectivity index is 2.23. The molecule has 0 bridgehead atoms. The van der Waals surface area contributed by atoms with Gasteiger partial charge in [-0.05, 0) is 53.4 Å². The van der Waals surface area contributed by atoms with Crippen LogP contribution in [0.25, 0.3) is 0 Å². The minimum absolute atomic E-state index is 0.195. The van der Waals surface area contributed by atoms with E-state index in [9.17, 15) is 0 Å². The predicted octanol–water partition coefficient (Wildman–Crippen LogP) is 5.98. The van der Waals surface area contributed by atoms with Crippen LogP contribution in [-0.2, 0) is 4.74 Å². The van der Waals surface area contributed by atoms with Gasteiger partial charge >= 0.3 is 0 Å². The molecule has 1 nitrogen and oxygen atoms in total. The SMILES string of the molecule is C=C1CC2=C(CC)COCC2=C(C(C)(C)C)C12CCCCC2. The summed E-state index contributed by atoms with van der Waals surface area (Å²) < 4.78 is 5.99. The highest BCUT2D eigenvalue weighted by atomic mass is 16.5.